The average molecular weight is 186 g/mol. The van der Waals surface area contributed by atoms with Crippen LogP contribution in [0.25, 0.3) is 0 Å². The van der Waals surface area contributed by atoms with Crippen molar-refractivity contribution in [3.8, 4) is 0 Å². The predicted octanol–water partition coefficient (Wildman–Crippen LogP) is 0.0854. The predicted molar refractivity (Wildman–Crippen MR) is 46.9 cm³/mol. The molecule has 13 heavy (non-hydrogen) atoms. The van der Waals surface area contributed by atoms with Gasteiger partial charge in [0.05, 0.1) is 5.71 Å². The molecule has 74 valence electrons. The second kappa shape index (κ2) is 4.81. The maximum Gasteiger partial charge on any atom is 0.248 e. The Kier molecular flexibility index (Phi) is 3.70. The van der Waals surface area contributed by atoms with E-state index in [1.807, 2.05) is 0 Å². The van der Waals surface area contributed by atoms with Gasteiger partial charge >= 0.3 is 0 Å². The van der Waals surface area contributed by atoms with Gasteiger partial charge in [0.15, 0.2) is 0 Å². The molecular formula is C8H14N2O3. The molecule has 0 spiro atoms. The van der Waals surface area contributed by atoms with Crippen molar-refractivity contribution in [3.63, 3.8) is 0 Å². The van der Waals surface area contributed by atoms with E-state index in [2.05, 4.69) is 5.16 Å². The number of nitrogens with zero attached hydrogens (tertiary/aromatic N) is 2. The van der Waals surface area contributed by atoms with E-state index >= 15 is 0 Å². The third kappa shape index (κ3) is 2.69. The molecule has 1 rings (SSSR count). The molecule has 0 atom stereocenters. The molecule has 0 aromatic rings. The molecule has 0 aliphatic carbocycles. The average Bonchev–Trinajstić information content (AvgIpc) is 2.18. The van der Waals surface area contributed by atoms with Crippen LogP contribution in [0.15, 0.2) is 5.16 Å². The minimum atomic E-state index is -0.000472. The molecule has 1 N–H and O–H groups in total. The molecule has 0 bridgehead atoms. The Balaban J connectivity index is 2.36. The summed E-state index contributed by atoms with van der Waals surface area (Å²) in [5.41, 5.74) is 0.765. The summed E-state index contributed by atoms with van der Waals surface area (Å²) in [4.78, 5) is 13.0. The summed E-state index contributed by atoms with van der Waals surface area (Å²) < 4.78 is 4.74. The van der Waals surface area contributed by atoms with E-state index in [0.717, 1.165) is 5.71 Å². The molecule has 1 saturated heterocycles. The normalized spacial score (nSPS) is 17.3. The van der Waals surface area contributed by atoms with Gasteiger partial charge in [0.25, 0.3) is 0 Å². The molecule has 0 radical (unpaired) electrons. The second-order valence-corrected chi connectivity index (χ2v) is 2.98. The van der Waals surface area contributed by atoms with E-state index in [-0.39, 0.29) is 12.5 Å². The standard InChI is InChI=1S/C8H14N2O3/c1-13-6-8(11)10-4-2-7(9-12)3-5-10/h12H,2-6H2,1H3. The minimum Gasteiger partial charge on any atom is -0.411 e. The lowest BCUT2D eigenvalue weighted by Gasteiger charge is -2.26. The van der Waals surface area contributed by atoms with E-state index in [0.29, 0.717) is 25.9 Å². The summed E-state index contributed by atoms with van der Waals surface area (Å²) in [6.45, 7) is 1.38. The minimum absolute atomic E-state index is 0.000472. The van der Waals surface area contributed by atoms with Crippen LogP contribution >= 0.6 is 0 Å². The Morgan fingerprint density at radius 3 is 2.69 bits per heavy atom. The van der Waals surface area contributed by atoms with Crippen LogP contribution in [0.1, 0.15) is 12.8 Å². The Morgan fingerprint density at radius 1 is 1.62 bits per heavy atom. The van der Waals surface area contributed by atoms with E-state index in [9.17, 15) is 4.79 Å². The fraction of sp³-hybridized carbons (Fsp3) is 0.750. The molecule has 1 heterocycles. The first kappa shape index (κ1) is 9.98. The van der Waals surface area contributed by atoms with Crippen LogP contribution in [0.3, 0.4) is 0 Å². The molecule has 0 saturated carbocycles. The van der Waals surface area contributed by atoms with Crippen LogP contribution in [-0.4, -0.2) is 48.5 Å². The van der Waals surface area contributed by atoms with Gasteiger partial charge in [0, 0.05) is 33.0 Å². The Morgan fingerprint density at radius 2 is 2.23 bits per heavy atom. The van der Waals surface area contributed by atoms with E-state index in [4.69, 9.17) is 9.94 Å². The van der Waals surface area contributed by atoms with E-state index < -0.39 is 0 Å². The van der Waals surface area contributed by atoms with Gasteiger partial charge in [-0.1, -0.05) is 5.16 Å². The van der Waals surface area contributed by atoms with E-state index in [1.165, 1.54) is 7.11 Å². The molecule has 0 aromatic carbocycles. The van der Waals surface area contributed by atoms with Gasteiger partial charge in [0.1, 0.15) is 6.61 Å². The van der Waals surface area contributed by atoms with Crippen LogP contribution in [0.4, 0.5) is 0 Å². The van der Waals surface area contributed by atoms with Crippen molar-refractivity contribution in [2.45, 2.75) is 12.8 Å². The molecule has 5 heteroatoms. The maximum atomic E-state index is 11.3. The molecule has 1 aliphatic heterocycles. The summed E-state index contributed by atoms with van der Waals surface area (Å²) >= 11 is 0. The summed E-state index contributed by atoms with van der Waals surface area (Å²) in [6.07, 6.45) is 1.32. The van der Waals surface area contributed by atoms with E-state index in [1.54, 1.807) is 4.90 Å². The number of carbonyl (C=O) groups excluding carboxylic acids is 1. The van der Waals surface area contributed by atoms with Crippen molar-refractivity contribution in [2.24, 2.45) is 5.16 Å². The zero-order valence-electron chi connectivity index (χ0n) is 7.69. The van der Waals surface area contributed by atoms with Crippen molar-refractivity contribution in [1.29, 1.82) is 0 Å². The first-order valence-corrected chi connectivity index (χ1v) is 4.24. The van der Waals surface area contributed by atoms with Crippen LogP contribution in [0, 0.1) is 0 Å². The largest absolute Gasteiger partial charge is 0.411 e. The second-order valence-electron chi connectivity index (χ2n) is 2.98. The summed E-state index contributed by atoms with van der Waals surface area (Å²) in [7, 11) is 1.50. The van der Waals surface area contributed by atoms with Crippen molar-refractivity contribution < 1.29 is 14.7 Å². The Bertz CT molecular complexity index is 205. The molecule has 0 aromatic heterocycles. The van der Waals surface area contributed by atoms with Crippen molar-refractivity contribution in [3.05, 3.63) is 0 Å². The van der Waals surface area contributed by atoms with Gasteiger partial charge in [-0.15, -0.1) is 0 Å². The van der Waals surface area contributed by atoms with Crippen LogP contribution in [0.2, 0.25) is 0 Å². The van der Waals surface area contributed by atoms with Gasteiger partial charge < -0.3 is 14.8 Å². The number of likely N-dealkylation sites (tertiary alicyclic amines) is 1. The SMILES string of the molecule is COCC(=O)N1CCC(=NO)CC1. The summed E-state index contributed by atoms with van der Waals surface area (Å²) in [6, 6.07) is 0. The topological polar surface area (TPSA) is 62.1 Å². The summed E-state index contributed by atoms with van der Waals surface area (Å²) in [5, 5.41) is 11.6. The fourth-order valence-corrected chi connectivity index (χ4v) is 1.33. The Hall–Kier alpha value is -1.10. The highest BCUT2D eigenvalue weighted by Crippen LogP contribution is 2.07. The lowest BCUT2D eigenvalue weighted by molar-refractivity contribution is -0.135. The number of oxime groups is 1. The number of hydrogen-bond donors (Lipinski definition) is 1. The fourth-order valence-electron chi connectivity index (χ4n) is 1.33. The quantitative estimate of drug-likeness (QED) is 0.491. The first-order chi connectivity index (χ1) is 6.27. The number of hydrogen-bond acceptors (Lipinski definition) is 4. The zero-order valence-corrected chi connectivity index (χ0v) is 7.69. The summed E-state index contributed by atoms with van der Waals surface area (Å²) in [5.74, 6) is -0.000472. The highest BCUT2D eigenvalue weighted by molar-refractivity contribution is 5.87. The van der Waals surface area contributed by atoms with Crippen molar-refractivity contribution in [1.82, 2.24) is 4.90 Å². The first-order valence-electron chi connectivity index (χ1n) is 4.24. The third-order valence-electron chi connectivity index (χ3n) is 2.10. The third-order valence-corrected chi connectivity index (χ3v) is 2.10. The molecular weight excluding hydrogens is 172 g/mol. The smallest absolute Gasteiger partial charge is 0.248 e. The van der Waals surface area contributed by atoms with Gasteiger partial charge in [-0.25, -0.2) is 0 Å². The van der Waals surface area contributed by atoms with Gasteiger partial charge in [0.2, 0.25) is 5.91 Å². The Labute approximate surface area is 77.0 Å². The molecule has 1 amide bonds. The molecule has 1 fully saturated rings. The van der Waals surface area contributed by atoms with Crippen LogP contribution < -0.4 is 0 Å². The molecule has 5 nitrogen and oxygen atoms in total. The number of carbonyl (C=O) groups is 1. The zero-order chi connectivity index (χ0) is 9.68. The molecule has 1 aliphatic rings. The number of amides is 1. The highest BCUT2D eigenvalue weighted by atomic mass is 16.5. The van der Waals surface area contributed by atoms with Gasteiger partial charge in [-0.2, -0.15) is 0 Å². The maximum absolute atomic E-state index is 11.3. The van der Waals surface area contributed by atoms with Crippen LogP contribution in [-0.2, 0) is 9.53 Å². The number of methoxy groups -OCH3 is 1. The lowest BCUT2D eigenvalue weighted by Crippen LogP contribution is -2.40. The monoisotopic (exact) mass is 186 g/mol. The lowest BCUT2D eigenvalue weighted by atomic mass is 10.1. The highest BCUT2D eigenvalue weighted by Gasteiger charge is 2.19. The van der Waals surface area contributed by atoms with Crippen molar-refractivity contribution in [2.75, 3.05) is 26.8 Å². The van der Waals surface area contributed by atoms with Gasteiger partial charge in [-0.05, 0) is 0 Å². The van der Waals surface area contributed by atoms with Gasteiger partial charge in [-0.3, -0.25) is 4.79 Å². The number of piperidine rings is 1. The van der Waals surface area contributed by atoms with Crippen LogP contribution in [0.5, 0.6) is 0 Å². The van der Waals surface area contributed by atoms with Crippen molar-refractivity contribution >= 4 is 11.6 Å². The number of ether oxygens (including phenoxy) is 1. The molecule has 0 unspecified atom stereocenters. The number of rotatable bonds is 2.